The lowest BCUT2D eigenvalue weighted by atomic mass is 10.2. The number of benzene rings is 1. The van der Waals surface area contributed by atoms with Crippen LogP contribution in [-0.4, -0.2) is 25.6 Å². The van der Waals surface area contributed by atoms with Gasteiger partial charge in [0.15, 0.2) is 0 Å². The van der Waals surface area contributed by atoms with Crippen molar-refractivity contribution < 1.29 is 9.47 Å². The zero-order chi connectivity index (χ0) is 10.7. The van der Waals surface area contributed by atoms with Crippen molar-refractivity contribution in [2.45, 2.75) is 11.0 Å². The van der Waals surface area contributed by atoms with Crippen LogP contribution in [0.2, 0.25) is 0 Å². The van der Waals surface area contributed by atoms with Crippen LogP contribution < -0.4 is 10.5 Å². The van der Waals surface area contributed by atoms with E-state index in [1.165, 1.54) is 0 Å². The van der Waals surface area contributed by atoms with Crippen molar-refractivity contribution >= 4 is 17.4 Å². The monoisotopic (exact) mass is 225 g/mol. The lowest BCUT2D eigenvalue weighted by Gasteiger charge is -2.25. The average molecular weight is 225 g/mol. The standard InChI is InChI=1S/C11H15NO2S/c1-13-11-3-2-9(12)4-8(11)7-15-10-5-14-6-10/h2-4,10H,5-7,12H2,1H3. The molecule has 2 rings (SSSR count). The molecule has 0 saturated carbocycles. The minimum Gasteiger partial charge on any atom is -0.496 e. The van der Waals surface area contributed by atoms with E-state index in [1.54, 1.807) is 7.11 Å². The molecule has 0 spiro atoms. The number of anilines is 1. The second kappa shape index (κ2) is 4.77. The quantitative estimate of drug-likeness (QED) is 0.795. The summed E-state index contributed by atoms with van der Waals surface area (Å²) in [6.07, 6.45) is 0. The Labute approximate surface area is 93.9 Å². The predicted octanol–water partition coefficient (Wildman–Crippen LogP) is 1.91. The molecule has 1 aliphatic rings. The zero-order valence-corrected chi connectivity index (χ0v) is 9.55. The minimum atomic E-state index is 0.635. The molecule has 0 unspecified atom stereocenters. The number of hydrogen-bond donors (Lipinski definition) is 1. The minimum absolute atomic E-state index is 0.635. The van der Waals surface area contributed by atoms with Crippen LogP contribution in [-0.2, 0) is 10.5 Å². The van der Waals surface area contributed by atoms with Crippen LogP contribution in [0.1, 0.15) is 5.56 Å². The lowest BCUT2D eigenvalue weighted by molar-refractivity contribution is 0.0455. The van der Waals surface area contributed by atoms with E-state index in [9.17, 15) is 0 Å². The predicted molar refractivity (Wildman–Crippen MR) is 63.3 cm³/mol. The fourth-order valence-corrected chi connectivity index (χ4v) is 2.45. The Kier molecular flexibility index (Phi) is 3.38. The van der Waals surface area contributed by atoms with Gasteiger partial charge in [-0.1, -0.05) is 0 Å². The van der Waals surface area contributed by atoms with Crippen LogP contribution in [0.5, 0.6) is 5.75 Å². The maximum absolute atomic E-state index is 5.75. The summed E-state index contributed by atoms with van der Waals surface area (Å²) in [7, 11) is 1.69. The van der Waals surface area contributed by atoms with E-state index in [0.717, 1.165) is 36.0 Å². The van der Waals surface area contributed by atoms with Crippen LogP contribution in [0, 0.1) is 0 Å². The third kappa shape index (κ3) is 2.58. The smallest absolute Gasteiger partial charge is 0.123 e. The van der Waals surface area contributed by atoms with Crippen LogP contribution >= 0.6 is 11.8 Å². The Balaban J connectivity index is 2.00. The summed E-state index contributed by atoms with van der Waals surface area (Å²) in [6.45, 7) is 1.74. The summed E-state index contributed by atoms with van der Waals surface area (Å²) in [5, 5.41) is 0.635. The van der Waals surface area contributed by atoms with Gasteiger partial charge < -0.3 is 15.2 Å². The van der Waals surface area contributed by atoms with Crippen molar-refractivity contribution in [2.24, 2.45) is 0 Å². The second-order valence-corrected chi connectivity index (χ2v) is 4.83. The molecule has 1 heterocycles. The molecule has 0 aromatic heterocycles. The molecule has 1 aliphatic heterocycles. The van der Waals surface area contributed by atoms with Crippen molar-refractivity contribution in [3.05, 3.63) is 23.8 Å². The number of nitrogen functional groups attached to an aromatic ring is 1. The molecule has 3 nitrogen and oxygen atoms in total. The van der Waals surface area contributed by atoms with E-state index in [4.69, 9.17) is 15.2 Å². The van der Waals surface area contributed by atoms with Gasteiger partial charge >= 0.3 is 0 Å². The van der Waals surface area contributed by atoms with Gasteiger partial charge in [-0.3, -0.25) is 0 Å². The molecule has 15 heavy (non-hydrogen) atoms. The van der Waals surface area contributed by atoms with Gasteiger partial charge in [0.1, 0.15) is 5.75 Å². The summed E-state index contributed by atoms with van der Waals surface area (Å²) in [5.41, 5.74) is 7.70. The molecule has 0 atom stereocenters. The molecular formula is C11H15NO2S. The normalized spacial score (nSPS) is 16.1. The molecule has 4 heteroatoms. The van der Waals surface area contributed by atoms with Crippen LogP contribution in [0.3, 0.4) is 0 Å². The number of methoxy groups -OCH3 is 1. The van der Waals surface area contributed by atoms with Crippen molar-refractivity contribution in [3.63, 3.8) is 0 Å². The SMILES string of the molecule is COc1ccc(N)cc1CSC1COC1. The highest BCUT2D eigenvalue weighted by molar-refractivity contribution is 7.99. The Morgan fingerprint density at radius 1 is 1.53 bits per heavy atom. The molecule has 1 fully saturated rings. The van der Waals surface area contributed by atoms with Crippen LogP contribution in [0.4, 0.5) is 5.69 Å². The van der Waals surface area contributed by atoms with Gasteiger partial charge in [-0.25, -0.2) is 0 Å². The fourth-order valence-electron chi connectivity index (χ4n) is 1.43. The number of ether oxygens (including phenoxy) is 2. The first-order valence-corrected chi connectivity index (χ1v) is 5.96. The van der Waals surface area contributed by atoms with E-state index >= 15 is 0 Å². The summed E-state index contributed by atoms with van der Waals surface area (Å²) in [6, 6.07) is 5.76. The van der Waals surface area contributed by atoms with Gasteiger partial charge in [0, 0.05) is 17.0 Å². The van der Waals surface area contributed by atoms with Gasteiger partial charge in [0.05, 0.1) is 25.6 Å². The third-order valence-electron chi connectivity index (χ3n) is 2.39. The maximum Gasteiger partial charge on any atom is 0.123 e. The maximum atomic E-state index is 5.75. The zero-order valence-electron chi connectivity index (χ0n) is 8.73. The highest BCUT2D eigenvalue weighted by Crippen LogP contribution is 2.29. The number of thioether (sulfide) groups is 1. The highest BCUT2D eigenvalue weighted by atomic mass is 32.2. The Hall–Kier alpha value is -0.870. The molecular weight excluding hydrogens is 210 g/mol. The number of nitrogens with two attached hydrogens (primary N) is 1. The molecule has 0 amide bonds. The van der Waals surface area contributed by atoms with E-state index in [1.807, 2.05) is 30.0 Å². The topological polar surface area (TPSA) is 44.5 Å². The lowest BCUT2D eigenvalue weighted by Crippen LogP contribution is -2.30. The number of rotatable bonds is 4. The van der Waals surface area contributed by atoms with Crippen molar-refractivity contribution in [3.8, 4) is 5.75 Å². The first-order chi connectivity index (χ1) is 7.29. The molecule has 82 valence electrons. The van der Waals surface area contributed by atoms with Crippen molar-refractivity contribution in [1.82, 2.24) is 0 Å². The van der Waals surface area contributed by atoms with E-state index in [-0.39, 0.29) is 0 Å². The van der Waals surface area contributed by atoms with Gasteiger partial charge in [-0.05, 0) is 18.2 Å². The van der Waals surface area contributed by atoms with Gasteiger partial charge in [0.25, 0.3) is 0 Å². The number of hydrogen-bond acceptors (Lipinski definition) is 4. The van der Waals surface area contributed by atoms with E-state index < -0.39 is 0 Å². The van der Waals surface area contributed by atoms with Crippen molar-refractivity contribution in [2.75, 3.05) is 26.1 Å². The van der Waals surface area contributed by atoms with Gasteiger partial charge in [0.2, 0.25) is 0 Å². The first kappa shape index (κ1) is 10.6. The van der Waals surface area contributed by atoms with E-state index in [2.05, 4.69) is 0 Å². The largest absolute Gasteiger partial charge is 0.496 e. The highest BCUT2D eigenvalue weighted by Gasteiger charge is 2.19. The molecule has 1 aromatic carbocycles. The summed E-state index contributed by atoms with van der Waals surface area (Å²) in [5.74, 6) is 1.85. The van der Waals surface area contributed by atoms with Gasteiger partial charge in [-0.2, -0.15) is 0 Å². The molecule has 0 aliphatic carbocycles. The first-order valence-electron chi connectivity index (χ1n) is 4.91. The summed E-state index contributed by atoms with van der Waals surface area (Å²) in [4.78, 5) is 0. The van der Waals surface area contributed by atoms with Crippen LogP contribution in [0.25, 0.3) is 0 Å². The Morgan fingerprint density at radius 3 is 2.93 bits per heavy atom. The molecule has 1 aromatic rings. The fraction of sp³-hybridized carbons (Fsp3) is 0.455. The van der Waals surface area contributed by atoms with Crippen LogP contribution in [0.15, 0.2) is 18.2 Å². The third-order valence-corrected chi connectivity index (χ3v) is 3.61. The average Bonchev–Trinajstić information content (AvgIpc) is 2.16. The second-order valence-electron chi connectivity index (χ2n) is 3.54. The van der Waals surface area contributed by atoms with Crippen molar-refractivity contribution in [1.29, 1.82) is 0 Å². The molecule has 0 radical (unpaired) electrons. The molecule has 2 N–H and O–H groups in total. The summed E-state index contributed by atoms with van der Waals surface area (Å²) >= 11 is 1.89. The molecule has 0 bridgehead atoms. The summed E-state index contributed by atoms with van der Waals surface area (Å²) < 4.78 is 10.4. The van der Waals surface area contributed by atoms with Gasteiger partial charge in [-0.15, -0.1) is 11.8 Å². The Morgan fingerprint density at radius 2 is 2.33 bits per heavy atom. The Bertz CT molecular complexity index is 339. The van der Waals surface area contributed by atoms with E-state index in [0.29, 0.717) is 5.25 Å². The molecule has 1 saturated heterocycles.